The van der Waals surface area contributed by atoms with Gasteiger partial charge in [0.25, 0.3) is 0 Å². The molecule has 160 valence electrons. The quantitative estimate of drug-likeness (QED) is 0.764. The van der Waals surface area contributed by atoms with Crippen LogP contribution in [-0.2, 0) is 9.53 Å². The molecule has 1 unspecified atom stereocenters. The molecule has 1 aromatic rings. The van der Waals surface area contributed by atoms with Crippen LogP contribution in [-0.4, -0.2) is 42.9 Å². The fraction of sp³-hybridized carbons (Fsp3) is 0.522. The number of hydrogen-bond donors (Lipinski definition) is 1. The third kappa shape index (κ3) is 4.20. The van der Waals surface area contributed by atoms with Crippen LogP contribution in [0.1, 0.15) is 57.9 Å². The van der Waals surface area contributed by atoms with E-state index in [1.165, 1.54) is 6.20 Å². The number of amides is 2. The van der Waals surface area contributed by atoms with Gasteiger partial charge >= 0.3 is 6.09 Å². The molecule has 1 aromatic carbocycles. The summed E-state index contributed by atoms with van der Waals surface area (Å²) in [5.74, 6) is -0.0507. The second-order valence-corrected chi connectivity index (χ2v) is 8.47. The molecule has 4 rings (SSSR count). The topological polar surface area (TPSA) is 88.2 Å². The molecule has 1 heterocycles. The average Bonchev–Trinajstić information content (AvgIpc) is 3.41. The standard InChI is InChI=1S/C23H30N4O3/c1-15-14-26(23(29)30-20-5-3-4-6-20)22-11-17(7-10-21(22)27(15)16(2)28)18(12-24)13-25-19-8-9-19/h7,10-13,15,19-20H,3-6,8-9,14,24H2,1-2H3. The van der Waals surface area contributed by atoms with Gasteiger partial charge in [0.2, 0.25) is 5.91 Å². The van der Waals surface area contributed by atoms with E-state index in [9.17, 15) is 9.59 Å². The van der Waals surface area contributed by atoms with Gasteiger partial charge in [-0.1, -0.05) is 6.07 Å². The van der Waals surface area contributed by atoms with Gasteiger partial charge in [-0.25, -0.2) is 4.79 Å². The number of nitrogens with two attached hydrogens (primary N) is 1. The highest BCUT2D eigenvalue weighted by molar-refractivity contribution is 6.11. The molecule has 30 heavy (non-hydrogen) atoms. The zero-order valence-corrected chi connectivity index (χ0v) is 17.7. The molecule has 0 saturated heterocycles. The largest absolute Gasteiger partial charge is 0.446 e. The van der Waals surface area contributed by atoms with Gasteiger partial charge < -0.3 is 15.4 Å². The van der Waals surface area contributed by atoms with Crippen molar-refractivity contribution in [1.29, 1.82) is 0 Å². The van der Waals surface area contributed by atoms with E-state index in [4.69, 9.17) is 10.5 Å². The second-order valence-electron chi connectivity index (χ2n) is 8.47. The molecule has 2 N–H and O–H groups in total. The van der Waals surface area contributed by atoms with Gasteiger partial charge in [0.05, 0.1) is 23.5 Å². The summed E-state index contributed by atoms with van der Waals surface area (Å²) in [7, 11) is 0. The lowest BCUT2D eigenvalue weighted by Gasteiger charge is -2.40. The maximum atomic E-state index is 13.0. The lowest BCUT2D eigenvalue weighted by molar-refractivity contribution is -0.117. The number of allylic oxidation sites excluding steroid dienone is 1. The first-order valence-electron chi connectivity index (χ1n) is 10.9. The van der Waals surface area contributed by atoms with Gasteiger partial charge in [0.15, 0.2) is 0 Å². The van der Waals surface area contributed by atoms with Crippen molar-refractivity contribution < 1.29 is 14.3 Å². The minimum atomic E-state index is -0.347. The zero-order chi connectivity index (χ0) is 21.3. The maximum absolute atomic E-state index is 13.0. The zero-order valence-electron chi connectivity index (χ0n) is 17.7. The number of carbonyl (C=O) groups excluding carboxylic acids is 2. The van der Waals surface area contributed by atoms with Crippen molar-refractivity contribution in [2.45, 2.75) is 70.6 Å². The van der Waals surface area contributed by atoms with Gasteiger partial charge in [0.1, 0.15) is 6.10 Å². The van der Waals surface area contributed by atoms with Crippen molar-refractivity contribution in [3.05, 3.63) is 30.0 Å². The van der Waals surface area contributed by atoms with Crippen LogP contribution in [0.3, 0.4) is 0 Å². The molecule has 2 saturated carbocycles. The molecule has 0 bridgehead atoms. The van der Waals surface area contributed by atoms with E-state index in [0.717, 1.165) is 49.7 Å². The Kier molecular flexibility index (Phi) is 5.79. The first-order chi connectivity index (χ1) is 14.5. The van der Waals surface area contributed by atoms with E-state index in [0.29, 0.717) is 24.0 Å². The van der Waals surface area contributed by atoms with Crippen LogP contribution in [0, 0.1) is 0 Å². The molecular formula is C23H30N4O3. The molecule has 1 atom stereocenters. The number of nitrogens with zero attached hydrogens (tertiary/aromatic N) is 3. The number of rotatable bonds is 4. The van der Waals surface area contributed by atoms with Crippen molar-refractivity contribution in [2.75, 3.05) is 16.3 Å². The molecule has 0 spiro atoms. The van der Waals surface area contributed by atoms with Gasteiger partial charge in [-0.05, 0) is 63.1 Å². The van der Waals surface area contributed by atoms with E-state index < -0.39 is 0 Å². The van der Waals surface area contributed by atoms with Crippen LogP contribution in [0.25, 0.3) is 5.57 Å². The Morgan fingerprint density at radius 1 is 1.17 bits per heavy atom. The smallest absolute Gasteiger partial charge is 0.414 e. The number of aliphatic imine (C=N–C) groups is 1. The molecule has 0 aromatic heterocycles. The van der Waals surface area contributed by atoms with E-state index in [1.807, 2.05) is 25.1 Å². The Morgan fingerprint density at radius 3 is 2.53 bits per heavy atom. The molecule has 7 nitrogen and oxygen atoms in total. The van der Waals surface area contributed by atoms with Gasteiger partial charge in [-0.2, -0.15) is 0 Å². The first kappa shape index (κ1) is 20.4. The van der Waals surface area contributed by atoms with Crippen LogP contribution in [0.2, 0.25) is 0 Å². The van der Waals surface area contributed by atoms with Crippen LogP contribution >= 0.6 is 0 Å². The second kappa shape index (κ2) is 8.50. The number of ether oxygens (including phenoxy) is 1. The Hall–Kier alpha value is -2.83. The van der Waals surface area contributed by atoms with Crippen LogP contribution < -0.4 is 15.5 Å². The maximum Gasteiger partial charge on any atom is 0.414 e. The van der Waals surface area contributed by atoms with E-state index >= 15 is 0 Å². The molecule has 2 fully saturated rings. The van der Waals surface area contributed by atoms with E-state index in [1.54, 1.807) is 22.9 Å². The molecule has 7 heteroatoms. The summed E-state index contributed by atoms with van der Waals surface area (Å²) >= 11 is 0. The summed E-state index contributed by atoms with van der Waals surface area (Å²) < 4.78 is 5.78. The normalized spacial score (nSPS) is 22.5. The number of carbonyl (C=O) groups is 2. The average molecular weight is 411 g/mol. The van der Waals surface area contributed by atoms with Crippen LogP contribution in [0.4, 0.5) is 16.2 Å². The monoisotopic (exact) mass is 410 g/mol. The summed E-state index contributed by atoms with van der Waals surface area (Å²) in [6.45, 7) is 3.88. The first-order valence-corrected chi connectivity index (χ1v) is 10.9. The molecule has 0 radical (unpaired) electrons. The highest BCUT2D eigenvalue weighted by Crippen LogP contribution is 2.38. The SMILES string of the molecule is CC(=O)N1c2ccc(C(C=NC3CC3)=CN)cc2N(C(=O)OC2CCCC2)CC1C. The van der Waals surface area contributed by atoms with Gasteiger partial charge in [-0.3, -0.25) is 14.7 Å². The van der Waals surface area contributed by atoms with Crippen molar-refractivity contribution in [3.63, 3.8) is 0 Å². The molecule has 1 aliphatic heterocycles. The van der Waals surface area contributed by atoms with Crippen LogP contribution in [0.5, 0.6) is 0 Å². The molecular weight excluding hydrogens is 380 g/mol. The van der Waals surface area contributed by atoms with E-state index in [-0.39, 0.29) is 24.1 Å². The van der Waals surface area contributed by atoms with Crippen molar-refractivity contribution >= 4 is 35.2 Å². The third-order valence-corrected chi connectivity index (χ3v) is 6.03. The number of hydrogen-bond acceptors (Lipinski definition) is 5. The van der Waals surface area contributed by atoms with Gasteiger partial charge in [0, 0.05) is 31.5 Å². The number of anilines is 2. The Morgan fingerprint density at radius 2 is 1.90 bits per heavy atom. The molecule has 2 amide bonds. The fourth-order valence-corrected chi connectivity index (χ4v) is 4.29. The third-order valence-electron chi connectivity index (χ3n) is 6.03. The minimum Gasteiger partial charge on any atom is -0.446 e. The van der Waals surface area contributed by atoms with Crippen molar-refractivity contribution in [2.24, 2.45) is 10.7 Å². The summed E-state index contributed by atoms with van der Waals surface area (Å²) in [6.07, 6.45) is 9.22. The van der Waals surface area contributed by atoms with Crippen molar-refractivity contribution in [1.82, 2.24) is 0 Å². The van der Waals surface area contributed by atoms with Crippen LogP contribution in [0.15, 0.2) is 29.4 Å². The minimum absolute atomic E-state index is 0.0181. The summed E-state index contributed by atoms with van der Waals surface area (Å²) in [5.41, 5.74) is 8.90. The Balaban J connectivity index is 1.68. The highest BCUT2D eigenvalue weighted by Gasteiger charge is 2.35. The summed E-state index contributed by atoms with van der Waals surface area (Å²) in [4.78, 5) is 33.3. The Bertz CT molecular complexity index is 884. The summed E-state index contributed by atoms with van der Waals surface area (Å²) in [6, 6.07) is 5.96. The molecule has 3 aliphatic rings. The predicted molar refractivity (Wildman–Crippen MR) is 119 cm³/mol. The summed E-state index contributed by atoms with van der Waals surface area (Å²) in [5, 5.41) is 0. The number of fused-ring (bicyclic) bond motifs is 1. The van der Waals surface area contributed by atoms with E-state index in [2.05, 4.69) is 4.99 Å². The molecule has 2 aliphatic carbocycles. The Labute approximate surface area is 177 Å². The predicted octanol–water partition coefficient (Wildman–Crippen LogP) is 3.86. The lowest BCUT2D eigenvalue weighted by Crippen LogP contribution is -2.51. The lowest BCUT2D eigenvalue weighted by atomic mass is 10.0. The highest BCUT2D eigenvalue weighted by atomic mass is 16.6. The van der Waals surface area contributed by atoms with Gasteiger partial charge in [-0.15, -0.1) is 0 Å². The number of benzene rings is 1. The fourth-order valence-electron chi connectivity index (χ4n) is 4.29. The van der Waals surface area contributed by atoms with Crippen molar-refractivity contribution in [3.8, 4) is 0 Å².